The number of ether oxygens (including phenoxy) is 3. The zero-order chi connectivity index (χ0) is 21.0. The Labute approximate surface area is 174 Å². The molecule has 0 aliphatic carbocycles. The van der Waals surface area contributed by atoms with Crippen molar-refractivity contribution >= 4 is 11.9 Å². The van der Waals surface area contributed by atoms with E-state index in [1.165, 1.54) is 6.92 Å². The Morgan fingerprint density at radius 1 is 1.33 bits per heavy atom. The van der Waals surface area contributed by atoms with Gasteiger partial charge in [0.25, 0.3) is 0 Å². The van der Waals surface area contributed by atoms with Gasteiger partial charge in [-0.1, -0.05) is 19.6 Å². The van der Waals surface area contributed by atoms with Crippen molar-refractivity contribution < 1.29 is 50.1 Å². The van der Waals surface area contributed by atoms with E-state index in [2.05, 4.69) is 6.58 Å². The van der Waals surface area contributed by atoms with Crippen molar-refractivity contribution in [3.63, 3.8) is 0 Å². The first-order valence-corrected chi connectivity index (χ1v) is 9.46. The van der Waals surface area contributed by atoms with Crippen molar-refractivity contribution in [2.75, 3.05) is 0 Å². The van der Waals surface area contributed by atoms with Crippen LogP contribution in [-0.2, 0) is 23.8 Å². The predicted octanol–water partition coefficient (Wildman–Crippen LogP) is -1.06. The molecule has 3 saturated heterocycles. The number of carbonyl (C=O) groups excluding carboxylic acids is 2. The minimum atomic E-state index is -1.93. The largest absolute Gasteiger partial charge is 0.454 e. The van der Waals surface area contributed by atoms with Gasteiger partial charge in [-0.15, -0.1) is 0 Å². The van der Waals surface area contributed by atoms with Gasteiger partial charge in [-0.25, -0.2) is 9.59 Å². The second-order valence-electron chi connectivity index (χ2n) is 8.35. The number of fused-ring (bicyclic) bond motifs is 3. The standard InChI is InChI=1S/C20H28O8.2H2O/c1-6-9(2)17(22)27-16-14-13(11(4)18(23)26-14)15(21)20(25)10(3)7-12(28-20)8-19(16,5)24;;/h6,10,12-16,21,24-25H,4,7-8H2,1-3,5H3;2*1H2/b9-6-;;/t10-,12+,13+,14+,15+,16-,19+,20-;;/m1../s1. The number of aliphatic hydroxyl groups excluding tert-OH is 1. The fourth-order valence-electron chi connectivity index (χ4n) is 4.42. The second-order valence-corrected chi connectivity index (χ2v) is 8.35. The summed E-state index contributed by atoms with van der Waals surface area (Å²) in [6, 6.07) is 0. The summed E-state index contributed by atoms with van der Waals surface area (Å²) in [5, 5.41) is 33.2. The molecule has 10 nitrogen and oxygen atoms in total. The summed E-state index contributed by atoms with van der Waals surface area (Å²) < 4.78 is 16.6. The van der Waals surface area contributed by atoms with E-state index in [1.807, 2.05) is 0 Å². The number of hydrogen-bond donors (Lipinski definition) is 3. The van der Waals surface area contributed by atoms with Gasteiger partial charge in [0.05, 0.1) is 12.0 Å². The van der Waals surface area contributed by atoms with Crippen LogP contribution in [0.4, 0.5) is 0 Å². The van der Waals surface area contributed by atoms with Crippen LogP contribution in [0.1, 0.15) is 40.5 Å². The number of esters is 2. The third-order valence-electron chi connectivity index (χ3n) is 6.24. The lowest BCUT2D eigenvalue weighted by Gasteiger charge is -2.39. The minimum Gasteiger partial charge on any atom is -0.454 e. The number of allylic oxidation sites excluding steroid dienone is 1. The fraction of sp³-hybridized carbons (Fsp3) is 0.700. The molecule has 0 radical (unpaired) electrons. The van der Waals surface area contributed by atoms with E-state index in [0.717, 1.165) is 0 Å². The Hall–Kier alpha value is -1.82. The van der Waals surface area contributed by atoms with Crippen LogP contribution in [0, 0.1) is 11.8 Å². The van der Waals surface area contributed by atoms with E-state index in [0.29, 0.717) is 12.0 Å². The summed E-state index contributed by atoms with van der Waals surface area (Å²) >= 11 is 0. The van der Waals surface area contributed by atoms with Crippen LogP contribution < -0.4 is 0 Å². The molecular weight excluding hydrogens is 400 g/mol. The molecular formula is C20H32O10. The molecule has 172 valence electrons. The molecule has 8 atom stereocenters. The average Bonchev–Trinajstić information content (AvgIpc) is 3.06. The Balaban J connectivity index is 0.00000225. The lowest BCUT2D eigenvalue weighted by atomic mass is 9.75. The summed E-state index contributed by atoms with van der Waals surface area (Å²) in [5.74, 6) is -4.94. The van der Waals surface area contributed by atoms with Crippen LogP contribution in [0.2, 0.25) is 0 Å². The molecule has 0 spiro atoms. The molecule has 10 heteroatoms. The van der Waals surface area contributed by atoms with Crippen LogP contribution in [0.15, 0.2) is 23.8 Å². The average molecular weight is 432 g/mol. The maximum atomic E-state index is 12.4. The summed E-state index contributed by atoms with van der Waals surface area (Å²) in [5.41, 5.74) is -1.38. The highest BCUT2D eigenvalue weighted by molar-refractivity contribution is 5.91. The van der Waals surface area contributed by atoms with Crippen molar-refractivity contribution in [1.82, 2.24) is 0 Å². The number of aliphatic hydroxyl groups is 3. The lowest BCUT2D eigenvalue weighted by Crippen LogP contribution is -2.57. The van der Waals surface area contributed by atoms with Crippen LogP contribution in [0.5, 0.6) is 0 Å². The molecule has 3 aliphatic heterocycles. The van der Waals surface area contributed by atoms with Crippen molar-refractivity contribution in [1.29, 1.82) is 0 Å². The summed E-state index contributed by atoms with van der Waals surface area (Å²) in [4.78, 5) is 24.6. The van der Waals surface area contributed by atoms with Crippen LogP contribution in [0.25, 0.3) is 0 Å². The zero-order valence-corrected chi connectivity index (χ0v) is 17.5. The van der Waals surface area contributed by atoms with Crippen LogP contribution in [-0.4, -0.2) is 74.0 Å². The smallest absolute Gasteiger partial charge is 0.334 e. The number of carbonyl (C=O) groups is 2. The highest BCUT2D eigenvalue weighted by atomic mass is 16.7. The topological polar surface area (TPSA) is 186 Å². The van der Waals surface area contributed by atoms with Gasteiger partial charge in [0.2, 0.25) is 0 Å². The molecule has 0 aromatic heterocycles. The summed E-state index contributed by atoms with van der Waals surface area (Å²) in [7, 11) is 0. The van der Waals surface area contributed by atoms with Gasteiger partial charge in [-0.05, 0) is 27.2 Å². The highest BCUT2D eigenvalue weighted by Crippen LogP contribution is 2.48. The highest BCUT2D eigenvalue weighted by Gasteiger charge is 2.63. The van der Waals surface area contributed by atoms with Gasteiger partial charge >= 0.3 is 11.9 Å². The van der Waals surface area contributed by atoms with E-state index in [4.69, 9.17) is 14.2 Å². The number of rotatable bonds is 2. The fourth-order valence-corrected chi connectivity index (χ4v) is 4.42. The Morgan fingerprint density at radius 2 is 1.93 bits per heavy atom. The van der Waals surface area contributed by atoms with Crippen molar-refractivity contribution in [3.8, 4) is 0 Å². The van der Waals surface area contributed by atoms with E-state index < -0.39 is 59.6 Å². The summed E-state index contributed by atoms with van der Waals surface area (Å²) in [6.07, 6.45) is -2.64. The van der Waals surface area contributed by atoms with Gasteiger partial charge in [0.1, 0.15) is 11.7 Å². The molecule has 0 aromatic carbocycles. The van der Waals surface area contributed by atoms with Crippen molar-refractivity contribution in [2.24, 2.45) is 11.8 Å². The Bertz CT molecular complexity index is 729. The van der Waals surface area contributed by atoms with E-state index in [1.54, 1.807) is 26.8 Å². The first-order valence-electron chi connectivity index (χ1n) is 9.46. The second kappa shape index (κ2) is 8.74. The zero-order valence-electron chi connectivity index (χ0n) is 17.5. The molecule has 0 saturated carbocycles. The quantitative estimate of drug-likeness (QED) is 0.364. The monoisotopic (exact) mass is 432 g/mol. The van der Waals surface area contributed by atoms with Gasteiger partial charge in [-0.3, -0.25) is 0 Å². The van der Waals surface area contributed by atoms with Crippen molar-refractivity contribution in [2.45, 2.75) is 76.3 Å². The maximum Gasteiger partial charge on any atom is 0.334 e. The van der Waals surface area contributed by atoms with E-state index >= 15 is 0 Å². The molecule has 2 bridgehead atoms. The van der Waals surface area contributed by atoms with Gasteiger partial charge in [-0.2, -0.15) is 0 Å². The van der Waals surface area contributed by atoms with E-state index in [9.17, 15) is 24.9 Å². The van der Waals surface area contributed by atoms with Crippen LogP contribution in [0.3, 0.4) is 0 Å². The van der Waals surface area contributed by atoms with Gasteiger partial charge in [0, 0.05) is 23.5 Å². The first-order chi connectivity index (χ1) is 12.9. The Kier molecular flexibility index (Phi) is 7.63. The normalized spacial score (nSPS) is 43.2. The first kappa shape index (κ1) is 26.2. The van der Waals surface area contributed by atoms with E-state index in [-0.39, 0.29) is 22.9 Å². The third kappa shape index (κ3) is 4.03. The molecule has 3 fully saturated rings. The SMILES string of the molecule is C=C1C(=O)O[C@H]2[C@H]1[C@H](O)[C@]1(O)O[C@@H](C[C@H]1C)C[C@](C)(O)[C@@H]2OC(=O)/C(C)=C\C.O.O. The molecule has 0 aromatic rings. The molecule has 0 unspecified atom stereocenters. The molecule has 30 heavy (non-hydrogen) atoms. The minimum absolute atomic E-state index is 0. The lowest BCUT2D eigenvalue weighted by molar-refractivity contribution is -0.272. The molecule has 0 amide bonds. The molecule has 7 N–H and O–H groups in total. The molecule has 3 rings (SSSR count). The van der Waals surface area contributed by atoms with Gasteiger partial charge < -0.3 is 40.5 Å². The number of hydrogen-bond acceptors (Lipinski definition) is 8. The van der Waals surface area contributed by atoms with Crippen molar-refractivity contribution in [3.05, 3.63) is 23.8 Å². The predicted molar refractivity (Wildman–Crippen MR) is 104 cm³/mol. The maximum absolute atomic E-state index is 12.4. The molecule has 3 heterocycles. The third-order valence-corrected chi connectivity index (χ3v) is 6.24. The van der Waals surface area contributed by atoms with Gasteiger partial charge in [0.15, 0.2) is 18.0 Å². The molecule has 3 aliphatic rings. The summed E-state index contributed by atoms with van der Waals surface area (Å²) in [6.45, 7) is 10.1. The van der Waals surface area contributed by atoms with Crippen LogP contribution >= 0.6 is 0 Å². The Morgan fingerprint density at radius 3 is 2.50 bits per heavy atom.